The van der Waals surface area contributed by atoms with E-state index in [-0.39, 0.29) is 5.63 Å². The van der Waals surface area contributed by atoms with E-state index in [4.69, 9.17) is 4.42 Å². The van der Waals surface area contributed by atoms with Crippen molar-refractivity contribution in [1.29, 1.82) is 0 Å². The zero-order valence-corrected chi connectivity index (χ0v) is 12.4. The van der Waals surface area contributed by atoms with E-state index in [1.54, 1.807) is 0 Å². The molecule has 0 aliphatic heterocycles. The summed E-state index contributed by atoms with van der Waals surface area (Å²) in [6, 6.07) is 27.5. The van der Waals surface area contributed by atoms with Gasteiger partial charge in [0.2, 0.25) is 0 Å². The maximum Gasteiger partial charge on any atom is 0.336 e. The van der Waals surface area contributed by atoms with Crippen LogP contribution in [0.2, 0.25) is 0 Å². The molecule has 2 heteroatoms. The predicted octanol–water partition coefficient (Wildman–Crippen LogP) is 5.13. The lowest BCUT2D eigenvalue weighted by atomic mass is 9.96. The molecular formula is C21H14O2. The van der Waals surface area contributed by atoms with Crippen LogP contribution in [0.4, 0.5) is 0 Å². The van der Waals surface area contributed by atoms with Crippen LogP contribution in [0.15, 0.2) is 94.1 Å². The molecule has 1 aromatic heterocycles. The fraction of sp³-hybridized carbons (Fsp3) is 0. The zero-order valence-electron chi connectivity index (χ0n) is 12.4. The van der Waals surface area contributed by atoms with Crippen molar-refractivity contribution in [3.63, 3.8) is 0 Å². The minimum absolute atomic E-state index is 0.333. The number of fused-ring (bicyclic) bond motifs is 1. The highest BCUT2D eigenvalue weighted by Gasteiger charge is 2.11. The van der Waals surface area contributed by atoms with E-state index in [0.29, 0.717) is 5.58 Å². The van der Waals surface area contributed by atoms with Gasteiger partial charge in [-0.15, -0.1) is 0 Å². The van der Waals surface area contributed by atoms with Crippen molar-refractivity contribution in [2.75, 3.05) is 0 Å². The molecule has 0 spiro atoms. The van der Waals surface area contributed by atoms with Crippen LogP contribution in [0, 0.1) is 0 Å². The fourth-order valence-corrected chi connectivity index (χ4v) is 2.88. The molecule has 4 rings (SSSR count). The summed E-state index contributed by atoms with van der Waals surface area (Å²) in [5.41, 5.74) is 4.42. The van der Waals surface area contributed by atoms with Crippen LogP contribution >= 0.6 is 0 Å². The van der Waals surface area contributed by atoms with Gasteiger partial charge in [0.1, 0.15) is 5.58 Å². The Hall–Kier alpha value is -3.13. The van der Waals surface area contributed by atoms with E-state index in [1.165, 1.54) is 6.07 Å². The topological polar surface area (TPSA) is 30.2 Å². The molecule has 0 radical (unpaired) electrons. The number of hydrogen-bond acceptors (Lipinski definition) is 2. The van der Waals surface area contributed by atoms with Crippen LogP contribution in [0.5, 0.6) is 0 Å². The van der Waals surface area contributed by atoms with Crippen LogP contribution in [0.25, 0.3) is 33.2 Å². The summed E-state index contributed by atoms with van der Waals surface area (Å²) in [5.74, 6) is 0. The second-order valence-electron chi connectivity index (χ2n) is 5.39. The molecule has 0 unspecified atom stereocenters. The summed E-state index contributed by atoms with van der Waals surface area (Å²) in [6.07, 6.45) is 0. The molecule has 0 atom stereocenters. The normalized spacial score (nSPS) is 10.8. The van der Waals surface area contributed by atoms with Crippen LogP contribution in [0.3, 0.4) is 0 Å². The summed E-state index contributed by atoms with van der Waals surface area (Å²) < 4.78 is 5.55. The lowest BCUT2D eigenvalue weighted by Gasteiger charge is -2.10. The minimum Gasteiger partial charge on any atom is -0.422 e. The Labute approximate surface area is 133 Å². The lowest BCUT2D eigenvalue weighted by Crippen LogP contribution is -1.96. The zero-order chi connectivity index (χ0) is 15.6. The molecule has 110 valence electrons. The van der Waals surface area contributed by atoms with Gasteiger partial charge in [0.25, 0.3) is 0 Å². The van der Waals surface area contributed by atoms with E-state index in [2.05, 4.69) is 18.2 Å². The van der Waals surface area contributed by atoms with Crippen molar-refractivity contribution in [2.24, 2.45) is 0 Å². The van der Waals surface area contributed by atoms with Gasteiger partial charge in [-0.3, -0.25) is 0 Å². The second-order valence-corrected chi connectivity index (χ2v) is 5.39. The monoisotopic (exact) mass is 298 g/mol. The third-order valence-corrected chi connectivity index (χ3v) is 3.95. The van der Waals surface area contributed by atoms with Gasteiger partial charge in [0.05, 0.1) is 0 Å². The number of benzene rings is 3. The third kappa shape index (κ3) is 2.44. The van der Waals surface area contributed by atoms with E-state index in [1.807, 2.05) is 60.7 Å². The van der Waals surface area contributed by atoms with Crippen molar-refractivity contribution >= 4 is 11.0 Å². The van der Waals surface area contributed by atoms with Gasteiger partial charge in [0, 0.05) is 17.0 Å². The fourth-order valence-electron chi connectivity index (χ4n) is 2.88. The van der Waals surface area contributed by atoms with Crippen LogP contribution in [0.1, 0.15) is 0 Å². The van der Waals surface area contributed by atoms with Gasteiger partial charge < -0.3 is 4.42 Å². The molecule has 0 aliphatic carbocycles. The predicted molar refractivity (Wildman–Crippen MR) is 93.4 cm³/mol. The van der Waals surface area contributed by atoms with E-state index in [0.717, 1.165) is 27.6 Å². The molecule has 0 amide bonds. The van der Waals surface area contributed by atoms with Crippen LogP contribution in [-0.4, -0.2) is 0 Å². The maximum absolute atomic E-state index is 11.7. The number of rotatable bonds is 2. The minimum atomic E-state index is -0.333. The Morgan fingerprint density at radius 2 is 1.13 bits per heavy atom. The van der Waals surface area contributed by atoms with Crippen molar-refractivity contribution in [1.82, 2.24) is 0 Å². The molecule has 4 aromatic rings. The van der Waals surface area contributed by atoms with Crippen molar-refractivity contribution in [3.05, 3.63) is 95.3 Å². The number of hydrogen-bond donors (Lipinski definition) is 0. The van der Waals surface area contributed by atoms with Crippen molar-refractivity contribution in [2.45, 2.75) is 0 Å². The van der Waals surface area contributed by atoms with Crippen molar-refractivity contribution < 1.29 is 4.42 Å². The van der Waals surface area contributed by atoms with Crippen molar-refractivity contribution in [3.8, 4) is 22.3 Å². The first-order valence-electron chi connectivity index (χ1n) is 7.51. The van der Waals surface area contributed by atoms with E-state index >= 15 is 0 Å². The van der Waals surface area contributed by atoms with E-state index in [9.17, 15) is 4.79 Å². The largest absolute Gasteiger partial charge is 0.422 e. The molecule has 0 fully saturated rings. The summed E-state index contributed by atoms with van der Waals surface area (Å²) >= 11 is 0. The first-order chi connectivity index (χ1) is 11.3. The molecular weight excluding hydrogens is 284 g/mol. The maximum atomic E-state index is 11.7. The van der Waals surface area contributed by atoms with Crippen LogP contribution < -0.4 is 5.63 Å². The smallest absolute Gasteiger partial charge is 0.336 e. The molecule has 0 bridgehead atoms. The van der Waals surface area contributed by atoms with E-state index < -0.39 is 0 Å². The Kier molecular flexibility index (Phi) is 3.28. The lowest BCUT2D eigenvalue weighted by molar-refractivity contribution is 0.562. The Morgan fingerprint density at radius 1 is 0.565 bits per heavy atom. The van der Waals surface area contributed by atoms with Gasteiger partial charge in [-0.2, -0.15) is 0 Å². The highest BCUT2D eigenvalue weighted by Crippen LogP contribution is 2.34. The Morgan fingerprint density at radius 3 is 1.78 bits per heavy atom. The Balaban J connectivity index is 2.05. The third-order valence-electron chi connectivity index (χ3n) is 3.95. The first kappa shape index (κ1) is 13.5. The Bertz CT molecular complexity index is 1020. The standard InChI is InChI=1S/C21H14O2/c22-20-14-13-19-17(15-7-3-1-4-8-15)11-12-18(21(19)23-20)16-9-5-2-6-10-16/h1-14H. The van der Waals surface area contributed by atoms with Gasteiger partial charge in [0.15, 0.2) is 0 Å². The SMILES string of the molecule is O=c1ccc2c(-c3ccccc3)ccc(-c3ccccc3)c2o1. The van der Waals surface area contributed by atoms with Gasteiger partial charge in [-0.05, 0) is 28.8 Å². The summed E-state index contributed by atoms with van der Waals surface area (Å²) in [5, 5.41) is 0.942. The molecule has 23 heavy (non-hydrogen) atoms. The highest BCUT2D eigenvalue weighted by molar-refractivity contribution is 6.01. The molecule has 3 aromatic carbocycles. The first-order valence-corrected chi connectivity index (χ1v) is 7.51. The average Bonchev–Trinajstić information content (AvgIpc) is 2.62. The van der Waals surface area contributed by atoms with Gasteiger partial charge >= 0.3 is 5.63 Å². The summed E-state index contributed by atoms with van der Waals surface area (Å²) in [6.45, 7) is 0. The highest BCUT2D eigenvalue weighted by atomic mass is 16.4. The molecule has 0 aliphatic rings. The van der Waals surface area contributed by atoms with Gasteiger partial charge in [-0.25, -0.2) is 4.79 Å². The second kappa shape index (κ2) is 5.58. The molecule has 0 saturated heterocycles. The molecule has 2 nitrogen and oxygen atoms in total. The quantitative estimate of drug-likeness (QED) is 0.480. The summed E-state index contributed by atoms with van der Waals surface area (Å²) in [4.78, 5) is 11.7. The van der Waals surface area contributed by atoms with Gasteiger partial charge in [-0.1, -0.05) is 66.7 Å². The van der Waals surface area contributed by atoms with Crippen LogP contribution in [-0.2, 0) is 0 Å². The molecule has 0 N–H and O–H groups in total. The average molecular weight is 298 g/mol. The molecule has 0 saturated carbocycles. The molecule has 1 heterocycles. The summed E-state index contributed by atoms with van der Waals surface area (Å²) in [7, 11) is 0.